The summed E-state index contributed by atoms with van der Waals surface area (Å²) < 4.78 is 13.9. The van der Waals surface area contributed by atoms with Crippen LogP contribution >= 0.6 is 12.2 Å². The molecule has 2 aliphatic rings. The van der Waals surface area contributed by atoms with Crippen molar-refractivity contribution in [3.63, 3.8) is 0 Å². The zero-order valence-corrected chi connectivity index (χ0v) is 16.5. The van der Waals surface area contributed by atoms with Crippen molar-refractivity contribution in [3.8, 4) is 0 Å². The number of piperazine rings is 1. The lowest BCUT2D eigenvalue weighted by Gasteiger charge is -2.45. The molecule has 5 nitrogen and oxygen atoms in total. The maximum Gasteiger partial charge on any atom is 0.242 e. The summed E-state index contributed by atoms with van der Waals surface area (Å²) in [5.41, 5.74) is 0.568. The first-order valence-electron chi connectivity index (χ1n) is 9.13. The van der Waals surface area contributed by atoms with Crippen LogP contribution in [0.3, 0.4) is 0 Å². The van der Waals surface area contributed by atoms with E-state index in [0.29, 0.717) is 43.5 Å². The highest BCUT2D eigenvalue weighted by molar-refractivity contribution is 7.80. The molecule has 0 bridgehead atoms. The summed E-state index contributed by atoms with van der Waals surface area (Å²) in [6.45, 7) is 9.12. The average molecular weight is 379 g/mol. The maximum atomic E-state index is 13.9. The van der Waals surface area contributed by atoms with Crippen LogP contribution in [0.1, 0.15) is 27.2 Å². The van der Waals surface area contributed by atoms with Crippen molar-refractivity contribution in [1.82, 2.24) is 15.1 Å². The van der Waals surface area contributed by atoms with Gasteiger partial charge in [-0.15, -0.1) is 0 Å². The fourth-order valence-corrected chi connectivity index (χ4v) is 4.36. The van der Waals surface area contributed by atoms with E-state index in [2.05, 4.69) is 26.1 Å². The molecule has 2 heterocycles. The third-order valence-electron chi connectivity index (χ3n) is 5.18. The molecule has 2 fully saturated rings. The number of nitrogens with one attached hydrogen (secondary N) is 1. The van der Waals surface area contributed by atoms with Gasteiger partial charge in [0.2, 0.25) is 5.91 Å². The number of hydrogen-bond donors (Lipinski definition) is 1. The zero-order chi connectivity index (χ0) is 18.9. The van der Waals surface area contributed by atoms with Crippen molar-refractivity contribution in [3.05, 3.63) is 30.1 Å². The van der Waals surface area contributed by atoms with Gasteiger partial charge >= 0.3 is 0 Å². The minimum atomic E-state index is -0.214. The van der Waals surface area contributed by atoms with Crippen LogP contribution in [0.15, 0.2) is 24.3 Å². The first kappa shape index (κ1) is 18.9. The van der Waals surface area contributed by atoms with E-state index >= 15 is 0 Å². The summed E-state index contributed by atoms with van der Waals surface area (Å²) in [5, 5.41) is 3.96. The van der Waals surface area contributed by atoms with E-state index in [0.717, 1.165) is 6.42 Å². The van der Waals surface area contributed by atoms with Crippen molar-refractivity contribution in [2.75, 3.05) is 37.6 Å². The Bertz CT molecular complexity index is 688. The number of amides is 1. The van der Waals surface area contributed by atoms with Crippen LogP contribution in [0.5, 0.6) is 0 Å². The second-order valence-corrected chi connectivity index (χ2v) is 8.20. The molecule has 0 spiro atoms. The predicted molar refractivity (Wildman–Crippen MR) is 106 cm³/mol. The number of halogens is 1. The molecule has 0 saturated carbocycles. The van der Waals surface area contributed by atoms with E-state index in [1.165, 1.54) is 6.07 Å². The number of para-hydroxylation sites is 1. The summed E-state index contributed by atoms with van der Waals surface area (Å²) in [4.78, 5) is 18.6. The molecule has 7 heteroatoms. The van der Waals surface area contributed by atoms with Crippen molar-refractivity contribution in [1.29, 1.82) is 0 Å². The Labute approximate surface area is 160 Å². The third kappa shape index (κ3) is 4.09. The number of anilines is 1. The van der Waals surface area contributed by atoms with Crippen molar-refractivity contribution in [2.45, 2.75) is 38.8 Å². The number of hydrogen-bond acceptors (Lipinski definition) is 3. The molecule has 1 atom stereocenters. The first-order chi connectivity index (χ1) is 12.3. The largest absolute Gasteiger partial charge is 0.366 e. The number of carbonyl (C=O) groups is 1. The van der Waals surface area contributed by atoms with E-state index in [9.17, 15) is 9.18 Å². The van der Waals surface area contributed by atoms with Gasteiger partial charge in [-0.05, 0) is 51.5 Å². The zero-order valence-electron chi connectivity index (χ0n) is 15.7. The monoisotopic (exact) mass is 378 g/mol. The summed E-state index contributed by atoms with van der Waals surface area (Å²) in [5.74, 6) is -0.137. The molecule has 0 radical (unpaired) electrons. The van der Waals surface area contributed by atoms with Crippen LogP contribution in [0.25, 0.3) is 0 Å². The van der Waals surface area contributed by atoms with Gasteiger partial charge < -0.3 is 20.0 Å². The SMILES string of the molecule is CC1CC(C)(C)NC(=S)N1CC(=O)N1CCN(c2ccccc2F)CC1. The molecule has 3 rings (SSSR count). The van der Waals surface area contributed by atoms with Gasteiger partial charge in [0.1, 0.15) is 5.82 Å². The highest BCUT2D eigenvalue weighted by atomic mass is 32.1. The normalized spacial score (nSPS) is 23.0. The summed E-state index contributed by atoms with van der Waals surface area (Å²) in [6, 6.07) is 7.01. The molecule has 1 unspecified atom stereocenters. The van der Waals surface area contributed by atoms with Gasteiger partial charge in [0.05, 0.1) is 12.2 Å². The van der Waals surface area contributed by atoms with Crippen LogP contribution in [0, 0.1) is 5.82 Å². The Morgan fingerprint density at radius 3 is 2.54 bits per heavy atom. The molecule has 1 N–H and O–H groups in total. The molecule has 1 aromatic carbocycles. The number of carbonyl (C=O) groups excluding carboxylic acids is 1. The second-order valence-electron chi connectivity index (χ2n) is 7.81. The van der Waals surface area contributed by atoms with E-state index < -0.39 is 0 Å². The standard InChI is InChI=1S/C19H27FN4OS/c1-14-12-19(2,3)21-18(26)24(14)13-17(25)23-10-8-22(9-11-23)16-7-5-4-6-15(16)20/h4-7,14H,8-13H2,1-3H3,(H,21,26). The quantitative estimate of drug-likeness (QED) is 0.817. The molecule has 2 saturated heterocycles. The van der Waals surface area contributed by atoms with Gasteiger partial charge in [0.15, 0.2) is 5.11 Å². The smallest absolute Gasteiger partial charge is 0.242 e. The molecule has 1 amide bonds. The molecular formula is C19H27FN4OS. The van der Waals surface area contributed by atoms with Gasteiger partial charge in [-0.25, -0.2) is 4.39 Å². The molecule has 2 aliphatic heterocycles. The Kier molecular flexibility index (Phi) is 5.37. The lowest BCUT2D eigenvalue weighted by atomic mass is 9.93. The molecular weight excluding hydrogens is 351 g/mol. The number of rotatable bonds is 3. The number of thiocarbonyl (C=S) groups is 1. The second kappa shape index (κ2) is 7.39. The summed E-state index contributed by atoms with van der Waals surface area (Å²) in [6.07, 6.45) is 0.932. The topological polar surface area (TPSA) is 38.8 Å². The average Bonchev–Trinajstić information content (AvgIpc) is 2.58. The van der Waals surface area contributed by atoms with E-state index in [1.54, 1.807) is 12.1 Å². The molecule has 142 valence electrons. The minimum absolute atomic E-state index is 0.0402. The van der Waals surface area contributed by atoms with Crippen molar-refractivity contribution in [2.24, 2.45) is 0 Å². The summed E-state index contributed by atoms with van der Waals surface area (Å²) in [7, 11) is 0. The van der Waals surface area contributed by atoms with E-state index in [4.69, 9.17) is 12.2 Å². The van der Waals surface area contributed by atoms with Gasteiger partial charge in [0, 0.05) is 37.8 Å². The molecule has 0 aliphatic carbocycles. The van der Waals surface area contributed by atoms with Crippen LogP contribution in [0.2, 0.25) is 0 Å². The Hall–Kier alpha value is -1.89. The van der Waals surface area contributed by atoms with Gasteiger partial charge in [-0.3, -0.25) is 4.79 Å². The van der Waals surface area contributed by atoms with Gasteiger partial charge in [-0.2, -0.15) is 0 Å². The molecule has 26 heavy (non-hydrogen) atoms. The molecule has 1 aromatic rings. The Morgan fingerprint density at radius 1 is 1.27 bits per heavy atom. The molecule has 0 aromatic heterocycles. The first-order valence-corrected chi connectivity index (χ1v) is 9.54. The van der Waals surface area contributed by atoms with Crippen LogP contribution in [-0.4, -0.2) is 65.1 Å². The highest BCUT2D eigenvalue weighted by Gasteiger charge is 2.35. The predicted octanol–water partition coefficient (Wildman–Crippen LogP) is 2.22. The number of nitrogens with zero attached hydrogens (tertiary/aromatic N) is 3. The van der Waals surface area contributed by atoms with Gasteiger partial charge in [-0.1, -0.05) is 12.1 Å². The number of benzene rings is 1. The van der Waals surface area contributed by atoms with Gasteiger partial charge in [0.25, 0.3) is 0 Å². The van der Waals surface area contributed by atoms with Crippen LogP contribution in [0.4, 0.5) is 10.1 Å². The Morgan fingerprint density at radius 2 is 1.92 bits per heavy atom. The maximum absolute atomic E-state index is 13.9. The van der Waals surface area contributed by atoms with Crippen molar-refractivity contribution < 1.29 is 9.18 Å². The fraction of sp³-hybridized carbons (Fsp3) is 0.579. The lowest BCUT2D eigenvalue weighted by molar-refractivity contribution is -0.132. The van der Waals surface area contributed by atoms with Crippen molar-refractivity contribution >= 4 is 28.9 Å². The van der Waals surface area contributed by atoms with Crippen LogP contribution in [-0.2, 0) is 4.79 Å². The minimum Gasteiger partial charge on any atom is -0.366 e. The third-order valence-corrected chi connectivity index (χ3v) is 5.51. The van der Waals surface area contributed by atoms with E-state index in [1.807, 2.05) is 20.8 Å². The summed E-state index contributed by atoms with van der Waals surface area (Å²) >= 11 is 5.46. The fourth-order valence-electron chi connectivity index (χ4n) is 3.84. The Balaban J connectivity index is 1.56. The highest BCUT2D eigenvalue weighted by Crippen LogP contribution is 2.23. The van der Waals surface area contributed by atoms with E-state index in [-0.39, 0.29) is 23.3 Å². The van der Waals surface area contributed by atoms with Crippen LogP contribution < -0.4 is 10.2 Å². The lowest BCUT2D eigenvalue weighted by Crippen LogP contribution is -2.62.